The van der Waals surface area contributed by atoms with Crippen LogP contribution in [0.15, 0.2) is 36.0 Å². The summed E-state index contributed by atoms with van der Waals surface area (Å²) in [5, 5.41) is 9.02. The fraction of sp³-hybridized carbons (Fsp3) is 0.652. The molecule has 0 fully saturated rings. The molecule has 0 aromatic carbocycles. The molecule has 0 saturated heterocycles. The predicted octanol–water partition coefficient (Wildman–Crippen LogP) is 6.37. The molecule has 0 heterocycles. The second-order valence-corrected chi connectivity index (χ2v) is 6.64. The normalized spacial score (nSPS) is 12.1. The first-order valence-electron chi connectivity index (χ1n) is 10.5. The lowest BCUT2D eigenvalue weighted by Gasteiger charge is -2.03. The standard InChI is InChI=1S/C23H38O4/c1-3-5-6-7-8-9-10-11-12-13-14-15-16-17-18-19-20-21(22(24)25)23(26)27-4-2/h5-6,8-9,20H,3-4,7,10-19H2,1-2H3,(H,24,25). The van der Waals surface area contributed by atoms with Crippen LogP contribution in [0.3, 0.4) is 0 Å². The van der Waals surface area contributed by atoms with Gasteiger partial charge >= 0.3 is 11.9 Å². The summed E-state index contributed by atoms with van der Waals surface area (Å²) in [7, 11) is 0. The lowest BCUT2D eigenvalue weighted by molar-refractivity contribution is -0.143. The van der Waals surface area contributed by atoms with Gasteiger partial charge in [-0.25, -0.2) is 9.59 Å². The molecule has 1 N–H and O–H groups in total. The van der Waals surface area contributed by atoms with E-state index in [0.717, 1.165) is 25.7 Å². The van der Waals surface area contributed by atoms with Gasteiger partial charge in [0.2, 0.25) is 0 Å². The quantitative estimate of drug-likeness (QED) is 0.0797. The maximum atomic E-state index is 11.5. The number of unbranched alkanes of at least 4 members (excludes halogenated alkanes) is 9. The van der Waals surface area contributed by atoms with Crippen molar-refractivity contribution in [2.24, 2.45) is 0 Å². The van der Waals surface area contributed by atoms with Crippen LogP contribution >= 0.6 is 0 Å². The van der Waals surface area contributed by atoms with E-state index in [1.54, 1.807) is 6.92 Å². The topological polar surface area (TPSA) is 63.6 Å². The second kappa shape index (κ2) is 18.9. The van der Waals surface area contributed by atoms with E-state index in [9.17, 15) is 9.59 Å². The summed E-state index contributed by atoms with van der Waals surface area (Å²) in [5.74, 6) is -1.95. The number of hydrogen-bond donors (Lipinski definition) is 1. The van der Waals surface area contributed by atoms with Gasteiger partial charge in [0.25, 0.3) is 0 Å². The number of carbonyl (C=O) groups is 2. The van der Waals surface area contributed by atoms with Crippen LogP contribution in [-0.2, 0) is 14.3 Å². The van der Waals surface area contributed by atoms with Gasteiger partial charge in [0.1, 0.15) is 5.57 Å². The maximum Gasteiger partial charge on any atom is 0.345 e. The Morgan fingerprint density at radius 1 is 0.778 bits per heavy atom. The van der Waals surface area contributed by atoms with Crippen molar-refractivity contribution in [1.82, 2.24) is 0 Å². The van der Waals surface area contributed by atoms with E-state index in [0.29, 0.717) is 6.42 Å². The molecule has 4 heteroatoms. The van der Waals surface area contributed by atoms with Crippen LogP contribution in [0, 0.1) is 0 Å². The van der Waals surface area contributed by atoms with Gasteiger partial charge < -0.3 is 9.84 Å². The van der Waals surface area contributed by atoms with Gasteiger partial charge in [0, 0.05) is 0 Å². The molecular formula is C23H38O4. The molecule has 0 aromatic heterocycles. The van der Waals surface area contributed by atoms with Gasteiger partial charge in [-0.2, -0.15) is 0 Å². The Balaban J connectivity index is 3.56. The molecule has 0 aliphatic rings. The minimum absolute atomic E-state index is 0.191. The zero-order valence-electron chi connectivity index (χ0n) is 17.3. The minimum Gasteiger partial charge on any atom is -0.477 e. The third-order valence-electron chi connectivity index (χ3n) is 4.24. The number of hydrogen-bond acceptors (Lipinski definition) is 3. The average molecular weight is 379 g/mol. The Morgan fingerprint density at radius 3 is 1.89 bits per heavy atom. The summed E-state index contributed by atoms with van der Waals surface area (Å²) in [6.07, 6.45) is 23.9. The van der Waals surface area contributed by atoms with E-state index in [4.69, 9.17) is 9.84 Å². The van der Waals surface area contributed by atoms with E-state index in [-0.39, 0.29) is 12.2 Å². The highest BCUT2D eigenvalue weighted by Crippen LogP contribution is 2.12. The van der Waals surface area contributed by atoms with Crippen LogP contribution in [0.25, 0.3) is 0 Å². The van der Waals surface area contributed by atoms with Gasteiger partial charge in [0.15, 0.2) is 0 Å². The Hall–Kier alpha value is -1.84. The molecule has 4 nitrogen and oxygen atoms in total. The molecule has 0 radical (unpaired) electrons. The SMILES string of the molecule is CCC=CCC=CCCCCCCCCCCC=C(C(=O)O)C(=O)OCC. The van der Waals surface area contributed by atoms with Crippen LogP contribution in [0.5, 0.6) is 0 Å². The smallest absolute Gasteiger partial charge is 0.345 e. The highest BCUT2D eigenvalue weighted by atomic mass is 16.5. The lowest BCUT2D eigenvalue weighted by atomic mass is 10.1. The van der Waals surface area contributed by atoms with Crippen molar-refractivity contribution in [3.63, 3.8) is 0 Å². The first-order chi connectivity index (χ1) is 13.1. The second-order valence-electron chi connectivity index (χ2n) is 6.64. The lowest BCUT2D eigenvalue weighted by Crippen LogP contribution is -2.15. The van der Waals surface area contributed by atoms with E-state index in [1.165, 1.54) is 51.0 Å². The number of ether oxygens (including phenoxy) is 1. The molecule has 0 spiro atoms. The molecular weight excluding hydrogens is 340 g/mol. The fourth-order valence-electron chi connectivity index (χ4n) is 2.74. The summed E-state index contributed by atoms with van der Waals surface area (Å²) in [4.78, 5) is 22.5. The zero-order valence-corrected chi connectivity index (χ0v) is 17.3. The van der Waals surface area contributed by atoms with Crippen molar-refractivity contribution < 1.29 is 19.4 Å². The summed E-state index contributed by atoms with van der Waals surface area (Å²) < 4.78 is 4.75. The largest absolute Gasteiger partial charge is 0.477 e. The fourth-order valence-corrected chi connectivity index (χ4v) is 2.74. The Morgan fingerprint density at radius 2 is 1.33 bits per heavy atom. The van der Waals surface area contributed by atoms with Crippen molar-refractivity contribution in [2.45, 2.75) is 90.9 Å². The molecule has 0 rings (SSSR count). The third-order valence-corrected chi connectivity index (χ3v) is 4.24. The van der Waals surface area contributed by atoms with Crippen LogP contribution in [0.2, 0.25) is 0 Å². The molecule has 0 bridgehead atoms. The zero-order chi connectivity index (χ0) is 20.2. The van der Waals surface area contributed by atoms with Crippen LogP contribution in [-0.4, -0.2) is 23.7 Å². The molecule has 0 aromatic rings. The van der Waals surface area contributed by atoms with E-state index in [1.807, 2.05) is 0 Å². The van der Waals surface area contributed by atoms with Crippen molar-refractivity contribution in [3.8, 4) is 0 Å². The van der Waals surface area contributed by atoms with E-state index in [2.05, 4.69) is 31.2 Å². The first-order valence-corrected chi connectivity index (χ1v) is 10.5. The number of rotatable bonds is 17. The number of esters is 1. The van der Waals surface area contributed by atoms with Gasteiger partial charge in [-0.1, -0.05) is 75.8 Å². The van der Waals surface area contributed by atoms with Gasteiger partial charge in [-0.15, -0.1) is 0 Å². The van der Waals surface area contributed by atoms with Gasteiger partial charge in [-0.05, 0) is 45.4 Å². The third kappa shape index (κ3) is 16.1. The van der Waals surface area contributed by atoms with Crippen LogP contribution in [0.4, 0.5) is 0 Å². The first kappa shape index (κ1) is 25.2. The minimum atomic E-state index is -1.21. The summed E-state index contributed by atoms with van der Waals surface area (Å²) in [6.45, 7) is 4.01. The molecule has 154 valence electrons. The molecule has 0 atom stereocenters. The van der Waals surface area contributed by atoms with E-state index < -0.39 is 11.9 Å². The van der Waals surface area contributed by atoms with Crippen LogP contribution < -0.4 is 0 Å². The Labute approximate surface area is 165 Å². The Bertz CT molecular complexity index is 475. The molecule has 27 heavy (non-hydrogen) atoms. The predicted molar refractivity (Wildman–Crippen MR) is 112 cm³/mol. The molecule has 0 amide bonds. The van der Waals surface area contributed by atoms with Gasteiger partial charge in [-0.3, -0.25) is 0 Å². The Kier molecular flexibility index (Phi) is 17.6. The summed E-state index contributed by atoms with van der Waals surface area (Å²) in [5.41, 5.74) is -0.243. The summed E-state index contributed by atoms with van der Waals surface area (Å²) >= 11 is 0. The van der Waals surface area contributed by atoms with E-state index >= 15 is 0 Å². The summed E-state index contributed by atoms with van der Waals surface area (Å²) in [6, 6.07) is 0. The van der Waals surface area contributed by atoms with Gasteiger partial charge in [0.05, 0.1) is 6.61 Å². The highest BCUT2D eigenvalue weighted by Gasteiger charge is 2.17. The van der Waals surface area contributed by atoms with Crippen molar-refractivity contribution in [2.75, 3.05) is 6.61 Å². The number of carbonyl (C=O) groups excluding carboxylic acids is 1. The number of allylic oxidation sites excluding steroid dienone is 5. The number of carboxylic acid groups (broad SMARTS) is 1. The highest BCUT2D eigenvalue weighted by molar-refractivity contribution is 6.13. The van der Waals surface area contributed by atoms with Crippen molar-refractivity contribution in [3.05, 3.63) is 36.0 Å². The number of aliphatic carboxylic acids is 1. The molecule has 0 unspecified atom stereocenters. The number of carboxylic acids is 1. The van der Waals surface area contributed by atoms with Crippen molar-refractivity contribution >= 4 is 11.9 Å². The van der Waals surface area contributed by atoms with Crippen molar-refractivity contribution in [1.29, 1.82) is 0 Å². The van der Waals surface area contributed by atoms with Crippen LogP contribution in [0.1, 0.15) is 90.9 Å². The molecule has 0 saturated carbocycles. The molecule has 0 aliphatic heterocycles. The monoisotopic (exact) mass is 378 g/mol. The molecule has 0 aliphatic carbocycles. The maximum absolute atomic E-state index is 11.5. The average Bonchev–Trinajstić information content (AvgIpc) is 2.64.